The van der Waals surface area contributed by atoms with Crippen molar-refractivity contribution in [3.63, 3.8) is 0 Å². The quantitative estimate of drug-likeness (QED) is 0.408. The van der Waals surface area contributed by atoms with Crippen LogP contribution in [0.15, 0.2) is 36.4 Å². The van der Waals surface area contributed by atoms with Crippen LogP contribution in [0.5, 0.6) is 0 Å². The van der Waals surface area contributed by atoms with Crippen molar-refractivity contribution in [1.82, 2.24) is 10.4 Å². The third-order valence-corrected chi connectivity index (χ3v) is 4.10. The van der Waals surface area contributed by atoms with Crippen LogP contribution in [-0.2, 0) is 12.4 Å². The first-order valence-corrected chi connectivity index (χ1v) is 9.06. The molecule has 0 bridgehead atoms. The fourth-order valence-corrected chi connectivity index (χ4v) is 2.58. The van der Waals surface area contributed by atoms with Gasteiger partial charge in [0.25, 0.3) is 5.91 Å². The lowest BCUT2D eigenvalue weighted by Gasteiger charge is -2.35. The van der Waals surface area contributed by atoms with Crippen molar-refractivity contribution in [2.45, 2.75) is 38.7 Å². The smallest absolute Gasteiger partial charge is 0.304 e. The van der Waals surface area contributed by atoms with E-state index < -0.39 is 63.8 Å². The number of rotatable bonds is 2. The summed E-state index contributed by atoms with van der Waals surface area (Å²) >= 11 is 0. The van der Waals surface area contributed by atoms with Crippen LogP contribution in [0.25, 0.3) is 0 Å². The maximum atomic E-state index is 13.7. The number of hydrazine groups is 1. The normalized spacial score (nSPS) is 12.3. The number of urea groups is 1. The molecule has 0 unspecified atom stereocenters. The van der Waals surface area contributed by atoms with Crippen LogP contribution >= 0.6 is 0 Å². The van der Waals surface area contributed by atoms with Crippen molar-refractivity contribution in [3.05, 3.63) is 64.7 Å². The molecule has 0 fully saturated rings. The Kier molecular flexibility index (Phi) is 6.95. The zero-order valence-electron chi connectivity index (χ0n) is 17.3. The minimum Gasteiger partial charge on any atom is -0.304 e. The Labute approximate surface area is 182 Å². The number of anilines is 1. The van der Waals surface area contributed by atoms with Gasteiger partial charge in [0.1, 0.15) is 11.6 Å². The van der Waals surface area contributed by atoms with Gasteiger partial charge in [-0.2, -0.15) is 26.3 Å². The lowest BCUT2D eigenvalue weighted by atomic mass is 10.0. The molecule has 0 aromatic heterocycles. The van der Waals surface area contributed by atoms with E-state index in [4.69, 9.17) is 0 Å². The Morgan fingerprint density at radius 2 is 1.33 bits per heavy atom. The number of carbonyl (C=O) groups excluding carboxylic acids is 2. The number of hydrogen-bond donors (Lipinski definition) is 2. The third-order valence-electron chi connectivity index (χ3n) is 4.10. The van der Waals surface area contributed by atoms with E-state index in [-0.39, 0.29) is 18.2 Å². The number of halogens is 8. The molecule has 2 N–H and O–H groups in total. The SMILES string of the molecule is CC(C)(C)N(NC(=O)Nc1cc(F)ccc1F)C(=O)c1cc(C(F)(F)F)cc(C(F)(F)F)c1. The summed E-state index contributed by atoms with van der Waals surface area (Å²) in [6.07, 6.45) is -10.4. The molecule has 33 heavy (non-hydrogen) atoms. The number of carbonyl (C=O) groups is 2. The highest BCUT2D eigenvalue weighted by molar-refractivity contribution is 5.98. The first-order chi connectivity index (χ1) is 14.9. The zero-order valence-corrected chi connectivity index (χ0v) is 17.3. The van der Waals surface area contributed by atoms with Crippen molar-refractivity contribution >= 4 is 17.6 Å². The lowest BCUT2D eigenvalue weighted by Crippen LogP contribution is -2.57. The first kappa shape index (κ1) is 25.9. The summed E-state index contributed by atoms with van der Waals surface area (Å²) in [5.41, 5.74) is -4.48. The molecule has 2 aromatic carbocycles. The Morgan fingerprint density at radius 3 is 1.79 bits per heavy atom. The zero-order chi connectivity index (χ0) is 25.4. The minimum absolute atomic E-state index is 0.148. The topological polar surface area (TPSA) is 61.4 Å². The van der Waals surface area contributed by atoms with E-state index in [2.05, 4.69) is 0 Å². The first-order valence-electron chi connectivity index (χ1n) is 9.06. The van der Waals surface area contributed by atoms with Gasteiger partial charge in [-0.15, -0.1) is 0 Å². The second kappa shape index (κ2) is 8.87. The monoisotopic (exact) mass is 483 g/mol. The molecule has 0 heterocycles. The second-order valence-electron chi connectivity index (χ2n) is 7.80. The minimum atomic E-state index is -5.19. The Bertz CT molecular complexity index is 1030. The highest BCUT2D eigenvalue weighted by atomic mass is 19.4. The average Bonchev–Trinajstić information content (AvgIpc) is 2.66. The van der Waals surface area contributed by atoms with Gasteiger partial charge in [0.05, 0.1) is 22.4 Å². The lowest BCUT2D eigenvalue weighted by molar-refractivity contribution is -0.143. The molecule has 0 aliphatic heterocycles. The van der Waals surface area contributed by atoms with E-state index in [0.29, 0.717) is 17.1 Å². The fraction of sp³-hybridized carbons (Fsp3) is 0.300. The van der Waals surface area contributed by atoms with Crippen molar-refractivity contribution in [2.75, 3.05) is 5.32 Å². The van der Waals surface area contributed by atoms with Crippen LogP contribution in [0, 0.1) is 11.6 Å². The molecule has 0 saturated carbocycles. The van der Waals surface area contributed by atoms with Gasteiger partial charge in [0.15, 0.2) is 0 Å². The Morgan fingerprint density at radius 1 is 0.818 bits per heavy atom. The summed E-state index contributed by atoms with van der Waals surface area (Å²) in [6.45, 7) is 3.98. The van der Waals surface area contributed by atoms with Crippen LogP contribution in [0.3, 0.4) is 0 Å². The summed E-state index contributed by atoms with van der Waals surface area (Å²) in [5, 5.41) is 2.38. The van der Waals surface area contributed by atoms with Gasteiger partial charge in [-0.25, -0.2) is 24.0 Å². The molecule has 180 valence electrons. The molecule has 2 rings (SSSR count). The number of amides is 3. The summed E-state index contributed by atoms with van der Waals surface area (Å²) in [5.74, 6) is -3.35. The van der Waals surface area contributed by atoms with E-state index in [1.807, 2.05) is 10.7 Å². The summed E-state index contributed by atoms with van der Waals surface area (Å²) in [4.78, 5) is 25.1. The molecule has 0 radical (unpaired) electrons. The summed E-state index contributed by atoms with van der Waals surface area (Å²) in [7, 11) is 0. The largest absolute Gasteiger partial charge is 0.416 e. The van der Waals surface area contributed by atoms with Crippen LogP contribution in [0.4, 0.5) is 45.6 Å². The van der Waals surface area contributed by atoms with Crippen molar-refractivity contribution in [2.24, 2.45) is 0 Å². The summed E-state index contributed by atoms with van der Waals surface area (Å²) < 4.78 is 106. The maximum absolute atomic E-state index is 13.7. The van der Waals surface area contributed by atoms with Crippen LogP contribution in [-0.4, -0.2) is 22.5 Å². The fourth-order valence-electron chi connectivity index (χ4n) is 2.58. The highest BCUT2D eigenvalue weighted by Crippen LogP contribution is 2.36. The van der Waals surface area contributed by atoms with Crippen molar-refractivity contribution < 1.29 is 44.7 Å². The second-order valence-corrected chi connectivity index (χ2v) is 7.80. The summed E-state index contributed by atoms with van der Waals surface area (Å²) in [6, 6.07) is 1.08. The van der Waals surface area contributed by atoms with E-state index in [1.54, 1.807) is 0 Å². The van der Waals surface area contributed by atoms with Gasteiger partial charge in [-0.05, 0) is 51.1 Å². The number of hydrogen-bond acceptors (Lipinski definition) is 2. The van der Waals surface area contributed by atoms with E-state index >= 15 is 0 Å². The van der Waals surface area contributed by atoms with E-state index in [9.17, 15) is 44.7 Å². The molecule has 13 heteroatoms. The van der Waals surface area contributed by atoms with Crippen LogP contribution < -0.4 is 10.7 Å². The van der Waals surface area contributed by atoms with Crippen molar-refractivity contribution in [3.8, 4) is 0 Å². The molecule has 0 aliphatic rings. The standard InChI is InChI=1S/C20H17F8N3O2/c1-18(2,3)31(30-17(33)29-15-9-13(21)4-5-14(15)22)16(32)10-6-11(19(23,24)25)8-12(7-10)20(26,27)28/h4-9H,1-3H3,(H2,29,30,33). The molecule has 2 aromatic rings. The van der Waals surface area contributed by atoms with E-state index in [0.717, 1.165) is 6.07 Å². The van der Waals surface area contributed by atoms with Gasteiger partial charge in [-0.3, -0.25) is 4.79 Å². The molecule has 5 nitrogen and oxygen atoms in total. The van der Waals surface area contributed by atoms with Crippen molar-refractivity contribution in [1.29, 1.82) is 0 Å². The van der Waals surface area contributed by atoms with Gasteiger partial charge >= 0.3 is 18.4 Å². The van der Waals surface area contributed by atoms with E-state index in [1.165, 1.54) is 20.8 Å². The molecule has 0 saturated heterocycles. The highest BCUT2D eigenvalue weighted by Gasteiger charge is 2.39. The predicted octanol–water partition coefficient (Wildman–Crippen LogP) is 5.98. The molecule has 0 atom stereocenters. The molecule has 0 aliphatic carbocycles. The number of alkyl halides is 6. The van der Waals surface area contributed by atoms with Gasteiger partial charge in [0.2, 0.25) is 0 Å². The number of nitrogens with zero attached hydrogens (tertiary/aromatic N) is 1. The average molecular weight is 483 g/mol. The third kappa shape index (κ3) is 6.56. The number of nitrogens with one attached hydrogen (secondary N) is 2. The van der Waals surface area contributed by atoms with Gasteiger partial charge in [0, 0.05) is 11.6 Å². The molecular formula is C20H17F8N3O2. The molecule has 0 spiro atoms. The van der Waals surface area contributed by atoms with Crippen LogP contribution in [0.2, 0.25) is 0 Å². The van der Waals surface area contributed by atoms with Gasteiger partial charge < -0.3 is 5.32 Å². The Balaban J connectivity index is 2.44. The van der Waals surface area contributed by atoms with Crippen LogP contribution in [0.1, 0.15) is 42.3 Å². The molecule has 3 amide bonds. The van der Waals surface area contributed by atoms with Gasteiger partial charge in [-0.1, -0.05) is 0 Å². The molecular weight excluding hydrogens is 466 g/mol. The Hall–Kier alpha value is -3.38. The maximum Gasteiger partial charge on any atom is 0.416 e. The number of benzene rings is 2. The predicted molar refractivity (Wildman–Crippen MR) is 101 cm³/mol.